The summed E-state index contributed by atoms with van der Waals surface area (Å²) in [5, 5.41) is 3.25. The van der Waals surface area contributed by atoms with E-state index in [2.05, 4.69) is 10.3 Å². The zero-order valence-electron chi connectivity index (χ0n) is 18.2. The number of furan rings is 1. The fraction of sp³-hybridized carbons (Fsp3) is 0.160. The summed E-state index contributed by atoms with van der Waals surface area (Å²) in [5.74, 6) is 0.0802. The average molecular weight is 480 g/mol. The lowest BCUT2D eigenvalue weighted by Crippen LogP contribution is -2.25. The minimum Gasteiger partial charge on any atom is -0.467 e. The Kier molecular flexibility index (Phi) is 6.91. The highest BCUT2D eigenvalue weighted by atomic mass is 35.5. The SMILES string of the molecule is Cc1sc(=NC(=O)c2ccccc2Cl)n(Cc2ccccc2C(=O)NCc2ccco2)c1C. The van der Waals surface area contributed by atoms with Gasteiger partial charge < -0.3 is 14.3 Å². The van der Waals surface area contributed by atoms with Crippen LogP contribution in [0.1, 0.15) is 42.6 Å². The molecule has 4 rings (SSSR count). The van der Waals surface area contributed by atoms with Gasteiger partial charge in [-0.05, 0) is 49.7 Å². The van der Waals surface area contributed by atoms with Crippen LogP contribution in [0.5, 0.6) is 0 Å². The van der Waals surface area contributed by atoms with E-state index in [1.54, 1.807) is 42.7 Å². The van der Waals surface area contributed by atoms with Gasteiger partial charge in [0, 0.05) is 16.1 Å². The monoisotopic (exact) mass is 479 g/mol. The third kappa shape index (κ3) is 5.16. The molecule has 0 fully saturated rings. The van der Waals surface area contributed by atoms with E-state index in [1.165, 1.54) is 11.3 Å². The van der Waals surface area contributed by atoms with E-state index in [9.17, 15) is 9.59 Å². The van der Waals surface area contributed by atoms with Gasteiger partial charge >= 0.3 is 0 Å². The standard InChI is InChI=1S/C25H22ClN3O3S/c1-16-17(2)33-25(28-24(31)21-11-5-6-12-22(21)26)29(16)15-18-8-3-4-10-20(18)23(30)27-14-19-9-7-13-32-19/h3-13H,14-15H2,1-2H3,(H,27,30). The summed E-state index contributed by atoms with van der Waals surface area (Å²) in [5.41, 5.74) is 2.72. The van der Waals surface area contributed by atoms with Gasteiger partial charge in [-0.3, -0.25) is 9.59 Å². The van der Waals surface area contributed by atoms with Crippen molar-refractivity contribution in [2.45, 2.75) is 26.9 Å². The molecule has 0 unspecified atom stereocenters. The molecule has 0 aliphatic rings. The predicted octanol–water partition coefficient (Wildman–Crippen LogP) is 5.13. The number of amides is 2. The van der Waals surface area contributed by atoms with Gasteiger partial charge in [0.2, 0.25) is 0 Å². The van der Waals surface area contributed by atoms with Crippen molar-refractivity contribution in [1.29, 1.82) is 0 Å². The molecule has 0 saturated carbocycles. The van der Waals surface area contributed by atoms with Crippen molar-refractivity contribution in [1.82, 2.24) is 9.88 Å². The van der Waals surface area contributed by atoms with Gasteiger partial charge in [-0.2, -0.15) is 4.99 Å². The number of aromatic nitrogens is 1. The molecular formula is C25H22ClN3O3S. The Balaban J connectivity index is 1.65. The molecule has 2 amide bonds. The van der Waals surface area contributed by atoms with Crippen molar-refractivity contribution in [2.75, 3.05) is 0 Å². The number of rotatable bonds is 6. The van der Waals surface area contributed by atoms with Crippen LogP contribution in [0.3, 0.4) is 0 Å². The number of nitrogens with one attached hydrogen (secondary N) is 1. The Labute approximate surface area is 200 Å². The second kappa shape index (κ2) is 10.0. The van der Waals surface area contributed by atoms with Crippen LogP contribution in [0.4, 0.5) is 0 Å². The van der Waals surface area contributed by atoms with E-state index >= 15 is 0 Å². The number of carbonyl (C=O) groups excluding carboxylic acids is 2. The molecule has 0 spiro atoms. The molecule has 2 aromatic carbocycles. The molecule has 0 radical (unpaired) electrons. The number of thiazole rings is 1. The van der Waals surface area contributed by atoms with Crippen LogP contribution < -0.4 is 10.1 Å². The highest BCUT2D eigenvalue weighted by molar-refractivity contribution is 7.09. The molecule has 2 heterocycles. The first kappa shape index (κ1) is 22.8. The van der Waals surface area contributed by atoms with E-state index in [4.69, 9.17) is 16.0 Å². The number of hydrogen-bond acceptors (Lipinski definition) is 4. The topological polar surface area (TPSA) is 76.6 Å². The van der Waals surface area contributed by atoms with Crippen molar-refractivity contribution in [3.8, 4) is 0 Å². The highest BCUT2D eigenvalue weighted by Crippen LogP contribution is 2.18. The first-order chi connectivity index (χ1) is 15.9. The first-order valence-electron chi connectivity index (χ1n) is 10.3. The fourth-order valence-corrected chi connectivity index (χ4v) is 4.56. The van der Waals surface area contributed by atoms with Gasteiger partial charge in [0.15, 0.2) is 4.80 Å². The summed E-state index contributed by atoms with van der Waals surface area (Å²) in [6.07, 6.45) is 1.57. The fourth-order valence-electron chi connectivity index (χ4n) is 3.38. The lowest BCUT2D eigenvalue weighted by atomic mass is 10.1. The predicted molar refractivity (Wildman–Crippen MR) is 129 cm³/mol. The quantitative estimate of drug-likeness (QED) is 0.416. The molecule has 0 atom stereocenters. The second-order valence-electron chi connectivity index (χ2n) is 7.43. The van der Waals surface area contributed by atoms with Crippen LogP contribution >= 0.6 is 22.9 Å². The Morgan fingerprint density at radius 1 is 1.03 bits per heavy atom. The van der Waals surface area contributed by atoms with E-state index < -0.39 is 5.91 Å². The second-order valence-corrected chi connectivity index (χ2v) is 9.02. The molecular weight excluding hydrogens is 458 g/mol. The molecule has 4 aromatic rings. The maximum Gasteiger partial charge on any atom is 0.281 e. The lowest BCUT2D eigenvalue weighted by Gasteiger charge is -2.12. The Morgan fingerprint density at radius 2 is 1.76 bits per heavy atom. The molecule has 1 N–H and O–H groups in total. The third-order valence-electron chi connectivity index (χ3n) is 5.28. The number of carbonyl (C=O) groups is 2. The normalized spacial score (nSPS) is 11.5. The molecule has 0 aliphatic heterocycles. The molecule has 0 aliphatic carbocycles. The Hall–Kier alpha value is -3.42. The lowest BCUT2D eigenvalue weighted by molar-refractivity contribution is 0.0945. The molecule has 8 heteroatoms. The zero-order chi connectivity index (χ0) is 23.4. The van der Waals surface area contributed by atoms with Gasteiger partial charge in [-0.1, -0.05) is 41.9 Å². The largest absolute Gasteiger partial charge is 0.467 e. The summed E-state index contributed by atoms with van der Waals surface area (Å²) < 4.78 is 7.24. The number of aryl methyl sites for hydroxylation is 1. The van der Waals surface area contributed by atoms with Crippen LogP contribution in [-0.4, -0.2) is 16.4 Å². The smallest absolute Gasteiger partial charge is 0.281 e. The van der Waals surface area contributed by atoms with Crippen molar-refractivity contribution in [3.63, 3.8) is 0 Å². The van der Waals surface area contributed by atoms with Crippen LogP contribution in [0, 0.1) is 13.8 Å². The van der Waals surface area contributed by atoms with Crippen molar-refractivity contribution >= 4 is 34.8 Å². The number of hydrogen-bond donors (Lipinski definition) is 1. The molecule has 0 saturated heterocycles. The van der Waals surface area contributed by atoms with E-state index in [1.807, 2.05) is 42.7 Å². The number of benzene rings is 2. The molecule has 0 bridgehead atoms. The highest BCUT2D eigenvalue weighted by Gasteiger charge is 2.16. The minimum atomic E-state index is -0.403. The first-order valence-corrected chi connectivity index (χ1v) is 11.5. The van der Waals surface area contributed by atoms with Gasteiger partial charge in [-0.15, -0.1) is 11.3 Å². The summed E-state index contributed by atoms with van der Waals surface area (Å²) in [6, 6.07) is 17.8. The maximum atomic E-state index is 12.9. The molecule has 168 valence electrons. The summed E-state index contributed by atoms with van der Waals surface area (Å²) in [4.78, 5) is 31.6. The van der Waals surface area contributed by atoms with Gasteiger partial charge in [-0.25, -0.2) is 0 Å². The van der Waals surface area contributed by atoms with Gasteiger partial charge in [0.25, 0.3) is 11.8 Å². The van der Waals surface area contributed by atoms with Crippen molar-refractivity contribution in [3.05, 3.63) is 110 Å². The third-order valence-corrected chi connectivity index (χ3v) is 6.71. The minimum absolute atomic E-state index is 0.196. The van der Waals surface area contributed by atoms with E-state index in [-0.39, 0.29) is 5.91 Å². The van der Waals surface area contributed by atoms with Crippen molar-refractivity contribution < 1.29 is 14.0 Å². The molecule has 33 heavy (non-hydrogen) atoms. The summed E-state index contributed by atoms with van der Waals surface area (Å²) in [7, 11) is 0. The van der Waals surface area contributed by atoms with E-state index in [0.717, 1.165) is 16.1 Å². The van der Waals surface area contributed by atoms with Gasteiger partial charge in [0.1, 0.15) is 5.76 Å². The molecule has 2 aromatic heterocycles. The van der Waals surface area contributed by atoms with Crippen molar-refractivity contribution in [2.24, 2.45) is 4.99 Å². The molecule has 6 nitrogen and oxygen atoms in total. The van der Waals surface area contributed by atoms with Crippen LogP contribution in [0.25, 0.3) is 0 Å². The zero-order valence-corrected chi connectivity index (χ0v) is 19.7. The van der Waals surface area contributed by atoms with Crippen LogP contribution in [0.15, 0.2) is 76.3 Å². The Morgan fingerprint density at radius 3 is 2.48 bits per heavy atom. The number of halogens is 1. The number of nitrogens with zero attached hydrogens (tertiary/aromatic N) is 2. The summed E-state index contributed by atoms with van der Waals surface area (Å²) >= 11 is 7.61. The maximum absolute atomic E-state index is 12.9. The van der Waals surface area contributed by atoms with E-state index in [0.29, 0.717) is 39.8 Å². The van der Waals surface area contributed by atoms with Gasteiger partial charge in [0.05, 0.1) is 29.9 Å². The van der Waals surface area contributed by atoms with Crippen LogP contribution in [-0.2, 0) is 13.1 Å². The average Bonchev–Trinajstić information content (AvgIpc) is 3.42. The van der Waals surface area contributed by atoms with Crippen LogP contribution in [0.2, 0.25) is 5.02 Å². The summed E-state index contributed by atoms with van der Waals surface area (Å²) in [6.45, 7) is 4.66. The Bertz CT molecular complexity index is 1370.